The maximum Gasteiger partial charge on any atom is 0.170 e. The molecule has 5 nitrogen and oxygen atoms in total. The zero-order chi connectivity index (χ0) is 19.6. The maximum absolute atomic E-state index is 5.94. The summed E-state index contributed by atoms with van der Waals surface area (Å²) in [6, 6.07) is 9.25. The highest BCUT2D eigenvalue weighted by Gasteiger charge is 2.41. The number of thiocarbonyl (C=S) groups is 1. The predicted molar refractivity (Wildman–Crippen MR) is 118 cm³/mol. The molecule has 29 heavy (non-hydrogen) atoms. The topological polar surface area (TPSA) is 42.3 Å². The molecule has 6 heteroatoms. The predicted octanol–water partition coefficient (Wildman–Crippen LogP) is 4.54. The average molecular weight is 411 g/mol. The first-order chi connectivity index (χ1) is 14.3. The van der Waals surface area contributed by atoms with E-state index in [4.69, 9.17) is 17.0 Å². The third-order valence-corrected chi connectivity index (χ3v) is 7.05. The van der Waals surface area contributed by atoms with E-state index in [0.717, 1.165) is 36.8 Å². The SMILES string of the molecule is S=C1N[C@H](c2ccccn2)[C@H](c2ccn(C3CCCCC3)c2)N1C[C@H]1CCCO1. The van der Waals surface area contributed by atoms with Gasteiger partial charge in [-0.25, -0.2) is 0 Å². The van der Waals surface area contributed by atoms with Crippen LogP contribution in [0.25, 0.3) is 0 Å². The minimum atomic E-state index is 0.0623. The second kappa shape index (κ2) is 8.44. The van der Waals surface area contributed by atoms with Gasteiger partial charge in [-0.15, -0.1) is 0 Å². The van der Waals surface area contributed by atoms with Crippen molar-refractivity contribution in [2.75, 3.05) is 13.2 Å². The van der Waals surface area contributed by atoms with E-state index in [-0.39, 0.29) is 18.2 Å². The molecule has 0 spiro atoms. The highest BCUT2D eigenvalue weighted by molar-refractivity contribution is 7.80. The summed E-state index contributed by atoms with van der Waals surface area (Å²) in [6.07, 6.45) is 15.7. The molecule has 2 aromatic heterocycles. The van der Waals surface area contributed by atoms with E-state index >= 15 is 0 Å². The molecule has 0 bridgehead atoms. The van der Waals surface area contributed by atoms with Crippen molar-refractivity contribution in [1.82, 2.24) is 19.8 Å². The Labute approximate surface area is 178 Å². The zero-order valence-corrected chi connectivity index (χ0v) is 17.7. The van der Waals surface area contributed by atoms with Crippen LogP contribution < -0.4 is 5.32 Å². The number of aromatic nitrogens is 2. The third-order valence-electron chi connectivity index (χ3n) is 6.70. The second-order valence-corrected chi connectivity index (χ2v) is 8.98. The van der Waals surface area contributed by atoms with E-state index in [0.29, 0.717) is 6.04 Å². The van der Waals surface area contributed by atoms with Gasteiger partial charge in [0, 0.05) is 37.8 Å². The Morgan fingerprint density at radius 2 is 2.00 bits per heavy atom. The van der Waals surface area contributed by atoms with Crippen LogP contribution in [-0.2, 0) is 4.74 Å². The van der Waals surface area contributed by atoms with Crippen LogP contribution in [0.3, 0.4) is 0 Å². The van der Waals surface area contributed by atoms with Gasteiger partial charge in [-0.05, 0) is 61.7 Å². The number of hydrogen-bond donors (Lipinski definition) is 1. The van der Waals surface area contributed by atoms with Gasteiger partial charge in [0.2, 0.25) is 0 Å². The van der Waals surface area contributed by atoms with Crippen molar-refractivity contribution < 1.29 is 4.74 Å². The molecule has 0 amide bonds. The minimum absolute atomic E-state index is 0.0623. The van der Waals surface area contributed by atoms with Gasteiger partial charge in [0.1, 0.15) is 0 Å². The monoisotopic (exact) mass is 410 g/mol. The third kappa shape index (κ3) is 3.92. The number of nitrogens with one attached hydrogen (secondary N) is 1. The van der Waals surface area contributed by atoms with Gasteiger partial charge in [-0.3, -0.25) is 4.98 Å². The lowest BCUT2D eigenvalue weighted by Crippen LogP contribution is -2.36. The van der Waals surface area contributed by atoms with Crippen LogP contribution in [0.1, 0.15) is 74.3 Å². The summed E-state index contributed by atoms with van der Waals surface area (Å²) in [5, 5.41) is 4.37. The van der Waals surface area contributed by atoms with Gasteiger partial charge in [-0.1, -0.05) is 25.3 Å². The van der Waals surface area contributed by atoms with Crippen molar-refractivity contribution in [1.29, 1.82) is 0 Å². The number of hydrogen-bond acceptors (Lipinski definition) is 3. The first-order valence-electron chi connectivity index (χ1n) is 11.1. The quantitative estimate of drug-likeness (QED) is 0.733. The summed E-state index contributed by atoms with van der Waals surface area (Å²) in [7, 11) is 0. The van der Waals surface area contributed by atoms with Gasteiger partial charge in [0.25, 0.3) is 0 Å². The second-order valence-electron chi connectivity index (χ2n) is 8.60. The number of pyridine rings is 1. The molecule has 2 aliphatic heterocycles. The lowest BCUT2D eigenvalue weighted by molar-refractivity contribution is 0.0842. The van der Waals surface area contributed by atoms with Crippen LogP contribution in [0.5, 0.6) is 0 Å². The van der Waals surface area contributed by atoms with E-state index in [2.05, 4.69) is 50.4 Å². The summed E-state index contributed by atoms with van der Waals surface area (Å²) < 4.78 is 8.38. The lowest BCUT2D eigenvalue weighted by atomic mass is 9.95. The summed E-state index contributed by atoms with van der Waals surface area (Å²) in [5.74, 6) is 0. The Bertz CT molecular complexity index is 826. The highest BCUT2D eigenvalue weighted by atomic mass is 32.1. The molecule has 2 aromatic rings. The van der Waals surface area contributed by atoms with Gasteiger partial charge in [0.15, 0.2) is 5.11 Å². The molecule has 3 aliphatic rings. The molecule has 3 fully saturated rings. The minimum Gasteiger partial charge on any atom is -0.376 e. The van der Waals surface area contributed by atoms with E-state index in [1.807, 2.05) is 12.3 Å². The fourth-order valence-electron chi connectivity index (χ4n) is 5.18. The van der Waals surface area contributed by atoms with Gasteiger partial charge in [-0.2, -0.15) is 0 Å². The summed E-state index contributed by atoms with van der Waals surface area (Å²) >= 11 is 5.79. The van der Waals surface area contributed by atoms with Crippen molar-refractivity contribution in [3.8, 4) is 0 Å². The average Bonchev–Trinajstić information content (AvgIpc) is 3.51. The van der Waals surface area contributed by atoms with Crippen molar-refractivity contribution in [3.63, 3.8) is 0 Å². The molecule has 1 saturated carbocycles. The summed E-state index contributed by atoms with van der Waals surface area (Å²) in [4.78, 5) is 6.99. The molecule has 3 atom stereocenters. The molecular formula is C23H30N4OS. The molecule has 5 rings (SSSR count). The molecule has 0 aromatic carbocycles. The van der Waals surface area contributed by atoms with Crippen LogP contribution in [0, 0.1) is 0 Å². The molecule has 0 unspecified atom stereocenters. The standard InChI is InChI=1S/C23H30N4OS/c29-23-25-21(20-10-4-5-12-24-20)22(27(23)16-19-9-6-14-28-19)17-11-13-26(15-17)18-7-2-1-3-8-18/h4-5,10-13,15,18-19,21-22H,1-3,6-9,14,16H2,(H,25,29)/t19-,21-,22+/m1/s1. The maximum atomic E-state index is 5.94. The molecule has 0 radical (unpaired) electrons. The normalized spacial score (nSPS) is 28.1. The van der Waals surface area contributed by atoms with Gasteiger partial charge in [0.05, 0.1) is 23.9 Å². The Morgan fingerprint density at radius 3 is 2.76 bits per heavy atom. The fourth-order valence-corrected chi connectivity index (χ4v) is 5.50. The van der Waals surface area contributed by atoms with Crippen molar-refractivity contribution in [3.05, 3.63) is 54.1 Å². The Balaban J connectivity index is 1.45. The van der Waals surface area contributed by atoms with E-state index in [9.17, 15) is 0 Å². The van der Waals surface area contributed by atoms with Crippen LogP contribution in [-0.4, -0.2) is 38.8 Å². The molecule has 4 heterocycles. The van der Waals surface area contributed by atoms with Crippen LogP contribution in [0.15, 0.2) is 42.9 Å². The Morgan fingerprint density at radius 1 is 1.10 bits per heavy atom. The van der Waals surface area contributed by atoms with E-state index < -0.39 is 0 Å². The molecule has 2 saturated heterocycles. The number of ether oxygens (including phenoxy) is 1. The molecule has 154 valence electrons. The molecule has 1 N–H and O–H groups in total. The van der Waals surface area contributed by atoms with Crippen LogP contribution in [0.4, 0.5) is 0 Å². The first kappa shape index (κ1) is 19.1. The first-order valence-corrected chi connectivity index (χ1v) is 11.5. The Kier molecular flexibility index (Phi) is 5.55. The van der Waals surface area contributed by atoms with Crippen LogP contribution in [0.2, 0.25) is 0 Å². The highest BCUT2D eigenvalue weighted by Crippen LogP contribution is 2.40. The number of nitrogens with zero attached hydrogens (tertiary/aromatic N) is 3. The van der Waals surface area contributed by atoms with Gasteiger partial charge < -0.3 is 19.5 Å². The van der Waals surface area contributed by atoms with Gasteiger partial charge >= 0.3 is 0 Å². The lowest BCUT2D eigenvalue weighted by Gasteiger charge is -2.29. The summed E-state index contributed by atoms with van der Waals surface area (Å²) in [6.45, 7) is 1.71. The van der Waals surface area contributed by atoms with Crippen LogP contribution >= 0.6 is 12.2 Å². The smallest absolute Gasteiger partial charge is 0.170 e. The summed E-state index contributed by atoms with van der Waals surface area (Å²) in [5.41, 5.74) is 2.36. The fraction of sp³-hybridized carbons (Fsp3) is 0.565. The van der Waals surface area contributed by atoms with Crippen molar-refractivity contribution in [2.24, 2.45) is 0 Å². The number of rotatable bonds is 5. The van der Waals surface area contributed by atoms with E-state index in [1.54, 1.807) is 0 Å². The van der Waals surface area contributed by atoms with E-state index in [1.165, 1.54) is 37.7 Å². The van der Waals surface area contributed by atoms with Crippen molar-refractivity contribution >= 4 is 17.3 Å². The molecule has 1 aliphatic carbocycles. The van der Waals surface area contributed by atoms with Crippen molar-refractivity contribution in [2.45, 2.75) is 69.2 Å². The molecular weight excluding hydrogens is 380 g/mol. The largest absolute Gasteiger partial charge is 0.376 e. The Hall–Kier alpha value is -1.92. The zero-order valence-electron chi connectivity index (χ0n) is 16.9.